The molecule has 12 rings (SSSR count). The first-order valence-electron chi connectivity index (χ1n) is 25.2. The molecule has 0 N–H and O–H groups in total. The van der Waals surface area contributed by atoms with Gasteiger partial charge in [-0.05, 0) is 74.6 Å². The third kappa shape index (κ3) is 4.52. The molecule has 260 valence electrons. The van der Waals surface area contributed by atoms with E-state index < -0.39 is 96.3 Å². The second kappa shape index (κ2) is 11.9. The topological polar surface area (TPSA) is 48.5 Å². The number of rotatable bonds is 4. The summed E-state index contributed by atoms with van der Waals surface area (Å²) in [7, 11) is 0. The maximum absolute atomic E-state index is 10.2. The van der Waals surface area contributed by atoms with Crippen LogP contribution in [0.25, 0.3) is 110 Å². The lowest BCUT2D eigenvalue weighted by Gasteiger charge is -2.13. The number of hydrogen-bond donors (Lipinski definition) is 0. The minimum atomic E-state index is -0.769. The second-order valence-electron chi connectivity index (χ2n) is 13.3. The van der Waals surface area contributed by atoms with E-state index in [0.29, 0.717) is 11.1 Å². The van der Waals surface area contributed by atoms with Gasteiger partial charge in [0.1, 0.15) is 0 Å². The van der Waals surface area contributed by atoms with Crippen LogP contribution in [-0.2, 0) is 0 Å². The summed E-state index contributed by atoms with van der Waals surface area (Å²) in [4.78, 5) is 14.9. The van der Waals surface area contributed by atoms with Gasteiger partial charge in [0.25, 0.3) is 0 Å². The van der Waals surface area contributed by atoms with Gasteiger partial charge in [0.05, 0.1) is 42.6 Å². The Morgan fingerprint density at radius 1 is 0.357 bits per heavy atom. The van der Waals surface area contributed by atoms with Gasteiger partial charge in [-0.1, -0.05) is 145 Å². The van der Waals surface area contributed by atoms with Crippen LogP contribution in [0.1, 0.15) is 20.6 Å². The molecule has 0 fully saturated rings. The normalized spacial score (nSPS) is 15.7. The Morgan fingerprint density at radius 3 is 1.54 bits per heavy atom. The highest BCUT2D eigenvalue weighted by molar-refractivity contribution is 6.26. The smallest absolute Gasteiger partial charge is 0.238 e. The lowest BCUT2D eigenvalue weighted by Crippen LogP contribution is -2.06. The zero-order valence-corrected chi connectivity index (χ0v) is 29.0. The zero-order chi connectivity index (χ0) is 49.8. The minimum absolute atomic E-state index is 0.138. The van der Waals surface area contributed by atoms with Crippen molar-refractivity contribution in [3.63, 3.8) is 0 Å². The van der Waals surface area contributed by atoms with Gasteiger partial charge in [-0.2, -0.15) is 9.97 Å². The van der Waals surface area contributed by atoms with E-state index in [0.717, 1.165) is 36.9 Å². The van der Waals surface area contributed by atoms with Crippen molar-refractivity contribution in [3.05, 3.63) is 188 Å². The van der Waals surface area contributed by atoms with Gasteiger partial charge in [0.2, 0.25) is 5.95 Å². The Morgan fingerprint density at radius 2 is 0.875 bits per heavy atom. The van der Waals surface area contributed by atoms with Crippen LogP contribution in [0.3, 0.4) is 0 Å². The van der Waals surface area contributed by atoms with Crippen LogP contribution in [0, 0.1) is 0 Å². The monoisotopic (exact) mass is 728 g/mol. The van der Waals surface area contributed by atoms with Crippen molar-refractivity contribution >= 4 is 75.9 Å². The van der Waals surface area contributed by atoms with E-state index in [1.54, 1.807) is 24.3 Å². The molecular weight excluding hydrogens is 683 g/mol. The Hall–Kier alpha value is -7.63. The van der Waals surface area contributed by atoms with E-state index in [9.17, 15) is 8.22 Å². The highest BCUT2D eigenvalue weighted by Crippen LogP contribution is 2.40. The molecule has 12 aromatic rings. The molecule has 0 unspecified atom stereocenters. The third-order valence-corrected chi connectivity index (χ3v) is 10.3. The summed E-state index contributed by atoms with van der Waals surface area (Å²) in [6.45, 7) is 0. The van der Waals surface area contributed by atoms with Gasteiger partial charge < -0.3 is 4.57 Å². The Labute approximate surface area is 342 Å². The first kappa shape index (κ1) is 19.6. The van der Waals surface area contributed by atoms with Crippen LogP contribution in [0.2, 0.25) is 0 Å². The van der Waals surface area contributed by atoms with Crippen LogP contribution in [0.5, 0.6) is 0 Å². The molecule has 0 saturated carbocycles. The summed E-state index contributed by atoms with van der Waals surface area (Å²) in [6.07, 6.45) is 0. The van der Waals surface area contributed by atoms with Crippen LogP contribution in [0.15, 0.2) is 188 Å². The number of aromatic nitrogens is 5. The summed E-state index contributed by atoms with van der Waals surface area (Å²) in [5.41, 5.74) is -0.726. The van der Waals surface area contributed by atoms with E-state index in [-0.39, 0.29) is 61.2 Å². The molecule has 0 aliphatic carbocycles. The molecule has 9 aromatic carbocycles. The Balaban J connectivity index is 1.29. The third-order valence-electron chi connectivity index (χ3n) is 10.3. The number of benzene rings is 9. The molecule has 3 aromatic heterocycles. The van der Waals surface area contributed by atoms with Crippen molar-refractivity contribution in [1.82, 2.24) is 24.1 Å². The predicted molar refractivity (Wildman–Crippen MR) is 232 cm³/mol. The Kier molecular flexibility index (Phi) is 4.18. The number of fused-ring (bicyclic) bond motifs is 12. The highest BCUT2D eigenvalue weighted by Gasteiger charge is 2.21. The predicted octanol–water partition coefficient (Wildman–Crippen LogP) is 12.9. The van der Waals surface area contributed by atoms with Crippen LogP contribution >= 0.6 is 0 Å². The molecule has 0 atom stereocenters. The number of para-hydroxylation sites is 3. The Bertz CT molecular complexity index is 4350. The van der Waals surface area contributed by atoms with Crippen molar-refractivity contribution in [2.24, 2.45) is 0 Å². The molecular formula is C51H31N5. The SMILES string of the molecule is [2H]c1c([2H])c([2H])c(-n2c3c([2H])c([2H])c([2H])c([2H])c3c3c([2H])c4c5c([2H])c([2H])c([2H])c([2H])c5n(-c5nc(-c6ccccc6)nc(-c6ccc7c8ccccc8c8ccccc8c7c6)n5)c4c([2H])c32)c([2H])c1[2H]. The van der Waals surface area contributed by atoms with E-state index >= 15 is 0 Å². The van der Waals surface area contributed by atoms with Crippen molar-refractivity contribution < 1.29 is 20.6 Å². The number of hydrogen-bond acceptors (Lipinski definition) is 3. The van der Waals surface area contributed by atoms with Crippen molar-refractivity contribution in [3.8, 4) is 34.4 Å². The van der Waals surface area contributed by atoms with Gasteiger partial charge in [-0.15, -0.1) is 0 Å². The first-order chi connectivity index (χ1) is 34.0. The maximum Gasteiger partial charge on any atom is 0.238 e. The van der Waals surface area contributed by atoms with Crippen LogP contribution in [0.4, 0.5) is 0 Å². The van der Waals surface area contributed by atoms with Gasteiger partial charge >= 0.3 is 0 Å². The summed E-state index contributed by atoms with van der Waals surface area (Å²) >= 11 is 0. The lowest BCUT2D eigenvalue weighted by molar-refractivity contribution is 0.954. The van der Waals surface area contributed by atoms with Crippen LogP contribution < -0.4 is 0 Å². The maximum atomic E-state index is 10.2. The summed E-state index contributed by atoms with van der Waals surface area (Å²) in [5, 5.41) is 4.94. The van der Waals surface area contributed by atoms with Gasteiger partial charge in [0, 0.05) is 38.4 Å². The summed E-state index contributed by atoms with van der Waals surface area (Å²) < 4.78 is 138. The summed E-state index contributed by atoms with van der Waals surface area (Å²) in [5.74, 6) is 0.0456. The van der Waals surface area contributed by atoms with Crippen molar-refractivity contribution in [1.29, 1.82) is 0 Å². The molecule has 5 nitrogen and oxygen atoms in total. The molecule has 0 aliphatic heterocycles. The molecule has 0 amide bonds. The average Bonchev–Trinajstić information content (AvgIpc) is 3.95. The van der Waals surface area contributed by atoms with E-state index in [1.807, 2.05) is 54.6 Å². The van der Waals surface area contributed by atoms with Gasteiger partial charge in [0.15, 0.2) is 11.6 Å². The second-order valence-corrected chi connectivity index (χ2v) is 13.3. The lowest BCUT2D eigenvalue weighted by atomic mass is 9.93. The molecule has 56 heavy (non-hydrogen) atoms. The van der Waals surface area contributed by atoms with E-state index in [2.05, 4.69) is 18.2 Å². The quantitative estimate of drug-likeness (QED) is 0.170. The molecule has 0 radical (unpaired) electrons. The van der Waals surface area contributed by atoms with Gasteiger partial charge in [-0.3, -0.25) is 4.57 Å². The fraction of sp³-hybridized carbons (Fsp3) is 0. The molecule has 0 saturated heterocycles. The number of nitrogens with zero attached hydrogens (tertiary/aromatic N) is 5. The van der Waals surface area contributed by atoms with E-state index in [4.69, 9.17) is 27.3 Å². The zero-order valence-electron chi connectivity index (χ0n) is 44.0. The van der Waals surface area contributed by atoms with Gasteiger partial charge in [-0.25, -0.2) is 4.98 Å². The van der Waals surface area contributed by atoms with Crippen molar-refractivity contribution in [2.75, 3.05) is 0 Å². The average molecular weight is 729 g/mol. The standard InChI is InChI=1S/C51H31N5/c1-3-15-32(16-4-1)49-52-50(33-27-28-39-37-21-8-7-19-35(37)36-20-9-10-22-38(36)42(39)29-33)54-51(53-49)56-46-26-14-12-24-41(46)44-30-43-40-23-11-13-25-45(40)55(47(43)31-48(44)56)34-17-5-2-6-18-34/h1-31H/i2D,5D,6D,11D,12D,13D,14D,17D,18D,23D,24D,25D,26D,30D,31D. The molecule has 0 aliphatic rings. The fourth-order valence-electron chi connectivity index (χ4n) is 7.85. The summed E-state index contributed by atoms with van der Waals surface area (Å²) in [6, 6.07) is 20.7. The molecule has 0 bridgehead atoms. The van der Waals surface area contributed by atoms with Crippen molar-refractivity contribution in [2.45, 2.75) is 0 Å². The van der Waals surface area contributed by atoms with Crippen LogP contribution in [-0.4, -0.2) is 24.1 Å². The highest BCUT2D eigenvalue weighted by atomic mass is 15.2. The largest absolute Gasteiger partial charge is 0.309 e. The van der Waals surface area contributed by atoms with E-state index in [1.165, 1.54) is 4.57 Å². The molecule has 0 spiro atoms. The first-order valence-corrected chi connectivity index (χ1v) is 17.7. The fourth-order valence-corrected chi connectivity index (χ4v) is 7.85. The minimum Gasteiger partial charge on any atom is -0.309 e. The molecule has 3 heterocycles. The molecule has 5 heteroatoms.